The number of aryl methyl sites for hydroxylation is 1. The van der Waals surface area contributed by atoms with E-state index in [1.54, 1.807) is 49.6 Å². The number of halogens is 4. The zero-order chi connectivity index (χ0) is 33.9. The Morgan fingerprint density at radius 3 is 2.52 bits per heavy atom. The molecule has 0 saturated carbocycles. The number of alkyl halides is 3. The predicted molar refractivity (Wildman–Crippen MR) is 173 cm³/mol. The molecule has 1 fully saturated rings. The second-order valence-electron chi connectivity index (χ2n) is 11.2. The number of ether oxygens (including phenoxy) is 2. The molecule has 1 saturated heterocycles. The van der Waals surface area contributed by atoms with Gasteiger partial charge in [0.05, 0.1) is 22.7 Å². The zero-order valence-electron chi connectivity index (χ0n) is 25.5. The Hall–Kier alpha value is -5.02. The van der Waals surface area contributed by atoms with Crippen molar-refractivity contribution in [1.82, 2.24) is 20.3 Å². The van der Waals surface area contributed by atoms with Crippen molar-refractivity contribution in [3.05, 3.63) is 96.1 Å². The van der Waals surface area contributed by atoms with E-state index in [4.69, 9.17) is 9.72 Å². The summed E-state index contributed by atoms with van der Waals surface area (Å²) in [6.07, 6.45) is 0.368. The SMILES string of the molecule is Cc1ccc2c(NS(=O)(=O)Cc3ccc(OC(F)(F)F)cc3)c(F)ccc2c1Oc1ncccc1-c1ccnc(N[C@H]2CCCNC2)n1. The molecular weight excluding hydrogens is 652 g/mol. The molecule has 1 aliphatic heterocycles. The average Bonchev–Trinajstić information content (AvgIpc) is 3.04. The molecule has 250 valence electrons. The van der Waals surface area contributed by atoms with Crippen molar-refractivity contribution in [2.45, 2.75) is 37.9 Å². The average molecular weight is 683 g/mol. The van der Waals surface area contributed by atoms with Crippen LogP contribution in [0.2, 0.25) is 0 Å². The molecule has 3 heterocycles. The number of nitrogens with zero attached hydrogens (tertiary/aromatic N) is 3. The molecule has 10 nitrogen and oxygen atoms in total. The van der Waals surface area contributed by atoms with Crippen molar-refractivity contribution in [3.63, 3.8) is 0 Å². The molecule has 48 heavy (non-hydrogen) atoms. The standard InChI is InChI=1S/C33H30F4N6O4S/c1-20-6-11-24-25(12-13-27(34)29(24)43-48(44,45)19-21-7-9-23(10-8-21)47-33(35,36)37)30(20)46-31-26(5-3-16-39-31)28-14-17-40-32(42-28)41-22-4-2-15-38-18-22/h3,5-14,16-17,22,38,43H,2,4,15,18-19H2,1H3,(H,40,41,42)/t22-/m0/s1. The minimum Gasteiger partial charge on any atom is -0.437 e. The van der Waals surface area contributed by atoms with Crippen LogP contribution in [0, 0.1) is 12.7 Å². The van der Waals surface area contributed by atoms with E-state index < -0.39 is 33.7 Å². The molecule has 5 aromatic rings. The highest BCUT2D eigenvalue weighted by Crippen LogP contribution is 2.40. The van der Waals surface area contributed by atoms with E-state index in [2.05, 4.69) is 30.1 Å². The number of sulfonamides is 1. The van der Waals surface area contributed by atoms with Gasteiger partial charge in [-0.1, -0.05) is 24.3 Å². The summed E-state index contributed by atoms with van der Waals surface area (Å²) in [5.41, 5.74) is 1.68. The van der Waals surface area contributed by atoms with Crippen LogP contribution in [0.4, 0.5) is 29.2 Å². The van der Waals surface area contributed by atoms with Crippen molar-refractivity contribution >= 4 is 32.4 Å². The molecule has 15 heteroatoms. The molecular formula is C33H30F4N6O4S. The van der Waals surface area contributed by atoms with Crippen LogP contribution in [0.25, 0.3) is 22.0 Å². The van der Waals surface area contributed by atoms with Gasteiger partial charge in [-0.25, -0.2) is 27.8 Å². The number of hydrogen-bond donors (Lipinski definition) is 3. The van der Waals surface area contributed by atoms with E-state index in [0.717, 1.165) is 44.1 Å². The van der Waals surface area contributed by atoms with Crippen LogP contribution in [0.5, 0.6) is 17.4 Å². The van der Waals surface area contributed by atoms with Crippen molar-refractivity contribution in [3.8, 4) is 28.6 Å². The lowest BCUT2D eigenvalue weighted by Crippen LogP contribution is -2.38. The normalized spacial score (nSPS) is 15.2. The third kappa shape index (κ3) is 7.91. The maximum absolute atomic E-state index is 15.2. The maximum atomic E-state index is 15.2. The van der Waals surface area contributed by atoms with Gasteiger partial charge in [0.15, 0.2) is 0 Å². The smallest absolute Gasteiger partial charge is 0.437 e. The van der Waals surface area contributed by atoms with Crippen LogP contribution in [-0.4, -0.2) is 48.9 Å². The van der Waals surface area contributed by atoms with Gasteiger partial charge in [0.25, 0.3) is 0 Å². The molecule has 1 atom stereocenters. The van der Waals surface area contributed by atoms with E-state index >= 15 is 4.39 Å². The third-order valence-corrected chi connectivity index (χ3v) is 8.83. The first-order chi connectivity index (χ1) is 22.9. The Balaban J connectivity index is 1.27. The molecule has 1 aliphatic rings. The quantitative estimate of drug-likeness (QED) is 0.134. The highest BCUT2D eigenvalue weighted by molar-refractivity contribution is 7.91. The van der Waals surface area contributed by atoms with Crippen molar-refractivity contribution in [2.75, 3.05) is 23.1 Å². The van der Waals surface area contributed by atoms with Gasteiger partial charge in [0, 0.05) is 35.8 Å². The largest absolute Gasteiger partial charge is 0.573 e. The van der Waals surface area contributed by atoms with Crippen molar-refractivity contribution < 1.29 is 35.5 Å². The summed E-state index contributed by atoms with van der Waals surface area (Å²) in [5.74, 6) is -0.938. The summed E-state index contributed by atoms with van der Waals surface area (Å²) >= 11 is 0. The van der Waals surface area contributed by atoms with E-state index in [1.807, 2.05) is 0 Å². The Labute approximate surface area is 273 Å². The van der Waals surface area contributed by atoms with Gasteiger partial charge in [-0.2, -0.15) is 0 Å². The van der Waals surface area contributed by atoms with Crippen LogP contribution in [-0.2, 0) is 15.8 Å². The molecule has 0 unspecified atom stereocenters. The second-order valence-corrected chi connectivity index (χ2v) is 12.9. The molecule has 2 aromatic heterocycles. The number of pyridine rings is 1. The molecule has 3 aromatic carbocycles. The van der Waals surface area contributed by atoms with Gasteiger partial charge in [-0.3, -0.25) is 4.72 Å². The highest BCUT2D eigenvalue weighted by Gasteiger charge is 2.31. The predicted octanol–water partition coefficient (Wildman–Crippen LogP) is 6.94. The van der Waals surface area contributed by atoms with Crippen LogP contribution < -0.4 is 24.8 Å². The fourth-order valence-corrected chi connectivity index (χ4v) is 6.62. The lowest BCUT2D eigenvalue weighted by atomic mass is 10.0. The van der Waals surface area contributed by atoms with Crippen LogP contribution >= 0.6 is 0 Å². The molecule has 3 N–H and O–H groups in total. The summed E-state index contributed by atoms with van der Waals surface area (Å²) in [4.78, 5) is 13.5. The summed E-state index contributed by atoms with van der Waals surface area (Å²) in [5, 5.41) is 7.35. The second kappa shape index (κ2) is 13.6. The number of aromatic nitrogens is 3. The number of benzene rings is 3. The topological polar surface area (TPSA) is 127 Å². The fraction of sp³-hybridized carbons (Fsp3) is 0.242. The van der Waals surface area contributed by atoms with E-state index in [-0.39, 0.29) is 28.6 Å². The van der Waals surface area contributed by atoms with Crippen molar-refractivity contribution in [1.29, 1.82) is 0 Å². The summed E-state index contributed by atoms with van der Waals surface area (Å²) < 4.78 is 91.5. The van der Waals surface area contributed by atoms with Crippen molar-refractivity contribution in [2.24, 2.45) is 0 Å². The van der Waals surface area contributed by atoms with Crippen LogP contribution in [0.1, 0.15) is 24.0 Å². The monoisotopic (exact) mass is 682 g/mol. The van der Waals surface area contributed by atoms with Crippen LogP contribution in [0.3, 0.4) is 0 Å². The summed E-state index contributed by atoms with van der Waals surface area (Å²) in [6, 6.07) is 15.7. The molecule has 0 bridgehead atoms. The highest BCUT2D eigenvalue weighted by atomic mass is 32.2. The first-order valence-electron chi connectivity index (χ1n) is 14.9. The molecule has 0 radical (unpaired) electrons. The lowest BCUT2D eigenvalue weighted by Gasteiger charge is -2.23. The number of piperidine rings is 1. The first kappa shape index (κ1) is 32.9. The lowest BCUT2D eigenvalue weighted by molar-refractivity contribution is -0.274. The first-order valence-corrected chi connectivity index (χ1v) is 16.6. The Morgan fingerprint density at radius 2 is 1.77 bits per heavy atom. The molecule has 0 spiro atoms. The van der Waals surface area contributed by atoms with E-state index in [1.165, 1.54) is 18.2 Å². The van der Waals surface area contributed by atoms with Gasteiger partial charge < -0.3 is 20.1 Å². The van der Waals surface area contributed by atoms with Gasteiger partial charge in [0.2, 0.25) is 21.9 Å². The minimum atomic E-state index is -4.89. The van der Waals surface area contributed by atoms with Gasteiger partial charge in [-0.05, 0) is 79.9 Å². The number of rotatable bonds is 10. The molecule has 0 amide bonds. The van der Waals surface area contributed by atoms with Gasteiger partial charge in [0.1, 0.15) is 17.3 Å². The third-order valence-electron chi connectivity index (χ3n) is 7.60. The van der Waals surface area contributed by atoms with Crippen LogP contribution in [0.15, 0.2) is 79.1 Å². The molecule has 6 rings (SSSR count). The minimum absolute atomic E-state index is 0.165. The van der Waals surface area contributed by atoms with E-state index in [9.17, 15) is 21.6 Å². The Kier molecular flexibility index (Phi) is 9.33. The summed E-state index contributed by atoms with van der Waals surface area (Å²) in [6.45, 7) is 3.58. The fourth-order valence-electron chi connectivity index (χ4n) is 5.40. The number of fused-ring (bicyclic) bond motifs is 1. The van der Waals surface area contributed by atoms with Gasteiger partial charge >= 0.3 is 6.36 Å². The zero-order valence-corrected chi connectivity index (χ0v) is 26.3. The molecule has 0 aliphatic carbocycles. The maximum Gasteiger partial charge on any atom is 0.573 e. The number of anilines is 2. The Bertz CT molecular complexity index is 2040. The Morgan fingerprint density at radius 1 is 0.979 bits per heavy atom. The number of nitrogens with one attached hydrogen (secondary N) is 3. The summed E-state index contributed by atoms with van der Waals surface area (Å²) in [7, 11) is -4.22. The number of hydrogen-bond acceptors (Lipinski definition) is 9. The van der Waals surface area contributed by atoms with Gasteiger partial charge in [-0.15, -0.1) is 13.2 Å². The van der Waals surface area contributed by atoms with E-state index in [0.29, 0.717) is 33.9 Å².